The molecule has 1 atom stereocenters. The number of rotatable bonds is 0. The van der Waals surface area contributed by atoms with E-state index in [1.807, 2.05) is 0 Å². The Hall–Kier alpha value is -0.770. The van der Waals surface area contributed by atoms with Crippen LogP contribution in [0.15, 0.2) is 10.2 Å². The van der Waals surface area contributed by atoms with Crippen molar-refractivity contribution in [3.05, 3.63) is 0 Å². The number of amidine groups is 1. The van der Waals surface area contributed by atoms with Crippen molar-refractivity contribution in [1.82, 2.24) is 0 Å². The van der Waals surface area contributed by atoms with Crippen LogP contribution in [0.1, 0.15) is 13.3 Å². The first-order chi connectivity index (χ1) is 3.60. The van der Waals surface area contributed by atoms with E-state index < -0.39 is 5.66 Å². The number of nitrogens with one attached hydrogen (secondary N) is 1. The molecule has 0 aromatic heterocycles. The predicted molar refractivity (Wildman–Crippen MR) is 29.8 cm³/mol. The van der Waals surface area contributed by atoms with Crippen molar-refractivity contribution >= 4 is 5.84 Å². The van der Waals surface area contributed by atoms with Crippen LogP contribution in [0.25, 0.3) is 0 Å². The standard InChI is InChI=1S/C4H8N4/c1-4(6)2-3(5)7-8-4/h5H,2,6H2,1H3. The van der Waals surface area contributed by atoms with Crippen LogP contribution in [0, 0.1) is 5.41 Å². The highest BCUT2D eigenvalue weighted by atomic mass is 15.3. The van der Waals surface area contributed by atoms with Gasteiger partial charge in [-0.15, -0.1) is 5.11 Å². The van der Waals surface area contributed by atoms with E-state index in [2.05, 4.69) is 10.2 Å². The summed E-state index contributed by atoms with van der Waals surface area (Å²) in [5.41, 5.74) is 4.87. The van der Waals surface area contributed by atoms with E-state index in [4.69, 9.17) is 11.1 Å². The highest BCUT2D eigenvalue weighted by Gasteiger charge is 2.24. The molecular weight excluding hydrogens is 104 g/mol. The number of nitrogens with zero attached hydrogens (tertiary/aromatic N) is 2. The number of azo groups is 1. The minimum Gasteiger partial charge on any atom is -0.305 e. The molecule has 0 aliphatic carbocycles. The maximum absolute atomic E-state index is 6.96. The second-order valence-corrected chi connectivity index (χ2v) is 2.18. The van der Waals surface area contributed by atoms with Gasteiger partial charge in [0.15, 0.2) is 0 Å². The molecule has 0 amide bonds. The maximum Gasteiger partial charge on any atom is 0.146 e. The van der Waals surface area contributed by atoms with E-state index in [9.17, 15) is 0 Å². The fourth-order valence-electron chi connectivity index (χ4n) is 0.584. The molecule has 4 nitrogen and oxygen atoms in total. The maximum atomic E-state index is 6.96. The molecular formula is C4H8N4. The summed E-state index contributed by atoms with van der Waals surface area (Å²) in [6.07, 6.45) is 0.465. The molecule has 44 valence electrons. The van der Waals surface area contributed by atoms with E-state index in [0.717, 1.165) is 0 Å². The molecule has 1 aliphatic heterocycles. The fraction of sp³-hybridized carbons (Fsp3) is 0.750. The van der Waals surface area contributed by atoms with Crippen molar-refractivity contribution < 1.29 is 0 Å². The normalized spacial score (nSPS) is 36.5. The Kier molecular flexibility index (Phi) is 0.907. The van der Waals surface area contributed by atoms with Crippen LogP contribution >= 0.6 is 0 Å². The minimum absolute atomic E-state index is 0.273. The molecule has 1 unspecified atom stereocenters. The van der Waals surface area contributed by atoms with Gasteiger partial charge in [-0.1, -0.05) is 0 Å². The average Bonchev–Trinajstić information content (AvgIpc) is 1.82. The second kappa shape index (κ2) is 1.35. The van der Waals surface area contributed by atoms with Crippen molar-refractivity contribution in [1.29, 1.82) is 5.41 Å². The summed E-state index contributed by atoms with van der Waals surface area (Å²) in [6, 6.07) is 0. The molecule has 0 aromatic carbocycles. The van der Waals surface area contributed by atoms with Gasteiger partial charge < -0.3 is 5.73 Å². The summed E-state index contributed by atoms with van der Waals surface area (Å²) >= 11 is 0. The molecule has 0 aromatic rings. The lowest BCUT2D eigenvalue weighted by Gasteiger charge is -2.07. The Morgan fingerprint density at radius 3 is 2.62 bits per heavy atom. The number of hydrogen-bond acceptors (Lipinski definition) is 3. The summed E-state index contributed by atoms with van der Waals surface area (Å²) in [6.45, 7) is 1.75. The molecule has 0 spiro atoms. The van der Waals surface area contributed by atoms with E-state index in [-0.39, 0.29) is 5.84 Å². The monoisotopic (exact) mass is 112 g/mol. The Morgan fingerprint density at radius 2 is 2.50 bits per heavy atom. The molecule has 4 heteroatoms. The molecule has 0 saturated heterocycles. The third kappa shape index (κ3) is 0.894. The molecule has 8 heavy (non-hydrogen) atoms. The zero-order valence-electron chi connectivity index (χ0n) is 4.68. The topological polar surface area (TPSA) is 74.6 Å². The summed E-state index contributed by atoms with van der Waals surface area (Å²) in [5.74, 6) is 0.273. The second-order valence-electron chi connectivity index (χ2n) is 2.18. The summed E-state index contributed by atoms with van der Waals surface area (Å²) in [4.78, 5) is 0. The first kappa shape index (κ1) is 5.37. The van der Waals surface area contributed by atoms with Crippen LogP contribution < -0.4 is 5.73 Å². The average molecular weight is 112 g/mol. The number of nitrogens with two attached hydrogens (primary N) is 1. The largest absolute Gasteiger partial charge is 0.305 e. The van der Waals surface area contributed by atoms with E-state index in [0.29, 0.717) is 6.42 Å². The summed E-state index contributed by atoms with van der Waals surface area (Å²) < 4.78 is 0. The zero-order chi connectivity index (χ0) is 6.20. The van der Waals surface area contributed by atoms with Gasteiger partial charge in [-0.2, -0.15) is 5.11 Å². The van der Waals surface area contributed by atoms with Crippen LogP contribution in [0.5, 0.6) is 0 Å². The van der Waals surface area contributed by atoms with Crippen LogP contribution in [0.4, 0.5) is 0 Å². The van der Waals surface area contributed by atoms with Crippen LogP contribution in [0.3, 0.4) is 0 Å². The highest BCUT2D eigenvalue weighted by Crippen LogP contribution is 2.15. The Bertz CT molecular complexity index is 146. The van der Waals surface area contributed by atoms with Crippen LogP contribution in [-0.4, -0.2) is 11.5 Å². The SMILES string of the molecule is CC1(N)CC(=N)N=N1. The van der Waals surface area contributed by atoms with Crippen molar-refractivity contribution in [2.45, 2.75) is 19.0 Å². The molecule has 0 saturated carbocycles. The van der Waals surface area contributed by atoms with Gasteiger partial charge in [0, 0.05) is 6.42 Å². The van der Waals surface area contributed by atoms with Gasteiger partial charge in [0.25, 0.3) is 0 Å². The summed E-state index contributed by atoms with van der Waals surface area (Å²) in [5, 5.41) is 14.1. The van der Waals surface area contributed by atoms with Gasteiger partial charge in [0.05, 0.1) is 0 Å². The molecule has 1 aliphatic rings. The molecule has 0 fully saturated rings. The van der Waals surface area contributed by atoms with Gasteiger partial charge in [0.2, 0.25) is 0 Å². The first-order valence-electron chi connectivity index (χ1n) is 2.39. The zero-order valence-corrected chi connectivity index (χ0v) is 4.68. The van der Waals surface area contributed by atoms with E-state index in [1.165, 1.54) is 0 Å². The smallest absolute Gasteiger partial charge is 0.146 e. The van der Waals surface area contributed by atoms with Crippen LogP contribution in [-0.2, 0) is 0 Å². The predicted octanol–water partition coefficient (Wildman–Crippen LogP) is 0.494. The first-order valence-corrected chi connectivity index (χ1v) is 2.39. The molecule has 1 heterocycles. The van der Waals surface area contributed by atoms with Gasteiger partial charge in [-0.3, -0.25) is 5.41 Å². The Morgan fingerprint density at radius 1 is 1.88 bits per heavy atom. The third-order valence-electron chi connectivity index (χ3n) is 0.924. The third-order valence-corrected chi connectivity index (χ3v) is 0.924. The Balaban J connectivity index is 2.72. The lowest BCUT2D eigenvalue weighted by Crippen LogP contribution is -2.31. The highest BCUT2D eigenvalue weighted by molar-refractivity contribution is 5.81. The lowest BCUT2D eigenvalue weighted by molar-refractivity contribution is 0.519. The van der Waals surface area contributed by atoms with Crippen molar-refractivity contribution in [3.63, 3.8) is 0 Å². The van der Waals surface area contributed by atoms with Crippen LogP contribution in [0.2, 0.25) is 0 Å². The number of hydrogen-bond donors (Lipinski definition) is 2. The molecule has 0 radical (unpaired) electrons. The van der Waals surface area contributed by atoms with E-state index >= 15 is 0 Å². The van der Waals surface area contributed by atoms with Gasteiger partial charge >= 0.3 is 0 Å². The van der Waals surface area contributed by atoms with Gasteiger partial charge in [-0.05, 0) is 6.92 Å². The summed E-state index contributed by atoms with van der Waals surface area (Å²) in [7, 11) is 0. The van der Waals surface area contributed by atoms with Gasteiger partial charge in [-0.25, -0.2) is 0 Å². The van der Waals surface area contributed by atoms with Crippen molar-refractivity contribution in [2.24, 2.45) is 16.0 Å². The van der Waals surface area contributed by atoms with Crippen molar-refractivity contribution in [3.8, 4) is 0 Å². The Labute approximate surface area is 47.3 Å². The van der Waals surface area contributed by atoms with E-state index in [1.54, 1.807) is 6.92 Å². The molecule has 0 bridgehead atoms. The fourth-order valence-corrected chi connectivity index (χ4v) is 0.584. The van der Waals surface area contributed by atoms with Crippen molar-refractivity contribution in [2.75, 3.05) is 0 Å². The molecule has 3 N–H and O–H groups in total. The van der Waals surface area contributed by atoms with Gasteiger partial charge in [0.1, 0.15) is 11.5 Å². The lowest BCUT2D eigenvalue weighted by atomic mass is 10.2. The molecule has 1 rings (SSSR count). The quantitative estimate of drug-likeness (QED) is 0.470. The minimum atomic E-state index is -0.600.